The number of ether oxygens (including phenoxy) is 2. The Bertz CT molecular complexity index is 697. The summed E-state index contributed by atoms with van der Waals surface area (Å²) in [7, 11) is 1.56. The normalized spacial score (nSPS) is 22.1. The summed E-state index contributed by atoms with van der Waals surface area (Å²) in [5, 5.41) is 9.41. The molecule has 140 valence electrons. The number of amides is 1. The molecular formula is C20H25NO5. The van der Waals surface area contributed by atoms with Crippen molar-refractivity contribution in [2.24, 2.45) is 17.8 Å². The molecule has 26 heavy (non-hydrogen) atoms. The van der Waals surface area contributed by atoms with Crippen molar-refractivity contribution in [1.82, 2.24) is 4.90 Å². The van der Waals surface area contributed by atoms with E-state index in [1.54, 1.807) is 24.2 Å². The summed E-state index contributed by atoms with van der Waals surface area (Å²) in [6, 6.07) is 5.55. The number of carboxylic acid groups (broad SMARTS) is 1. The summed E-state index contributed by atoms with van der Waals surface area (Å²) in [5.41, 5.74) is 1.05. The molecule has 1 N–H and O–H groups in total. The monoisotopic (exact) mass is 359 g/mol. The minimum absolute atomic E-state index is 0.0733. The second-order valence-electron chi connectivity index (χ2n) is 7.01. The Labute approximate surface area is 153 Å². The number of rotatable bonds is 8. The van der Waals surface area contributed by atoms with Crippen molar-refractivity contribution in [3.8, 4) is 11.5 Å². The number of carbonyl (C=O) groups is 2. The summed E-state index contributed by atoms with van der Waals surface area (Å²) in [6.07, 6.45) is 4.67. The largest absolute Gasteiger partial charge is 0.493 e. The fourth-order valence-electron chi connectivity index (χ4n) is 3.65. The van der Waals surface area contributed by atoms with Gasteiger partial charge in [0.2, 0.25) is 0 Å². The highest BCUT2D eigenvalue weighted by Crippen LogP contribution is 2.44. The van der Waals surface area contributed by atoms with E-state index in [0.29, 0.717) is 24.0 Å². The predicted molar refractivity (Wildman–Crippen MR) is 96.3 cm³/mol. The van der Waals surface area contributed by atoms with Crippen molar-refractivity contribution >= 4 is 11.9 Å². The van der Waals surface area contributed by atoms with Gasteiger partial charge in [0.1, 0.15) is 0 Å². The van der Waals surface area contributed by atoms with Gasteiger partial charge < -0.3 is 19.5 Å². The first-order valence-corrected chi connectivity index (χ1v) is 8.94. The van der Waals surface area contributed by atoms with Gasteiger partial charge in [0.25, 0.3) is 5.91 Å². The van der Waals surface area contributed by atoms with Crippen LogP contribution in [-0.4, -0.2) is 48.7 Å². The lowest BCUT2D eigenvalue weighted by Crippen LogP contribution is -2.34. The lowest BCUT2D eigenvalue weighted by Gasteiger charge is -2.17. The predicted octanol–water partition coefficient (Wildman–Crippen LogP) is 2.37. The number of carboxylic acids is 1. The average Bonchev–Trinajstić information content (AvgIpc) is 3.38. The molecule has 1 saturated heterocycles. The van der Waals surface area contributed by atoms with Crippen LogP contribution in [-0.2, 0) is 16.0 Å². The molecule has 1 aliphatic heterocycles. The molecule has 1 saturated carbocycles. The van der Waals surface area contributed by atoms with Crippen LogP contribution in [0.3, 0.4) is 0 Å². The van der Waals surface area contributed by atoms with Gasteiger partial charge in [0.15, 0.2) is 18.1 Å². The second-order valence-corrected chi connectivity index (χ2v) is 7.01. The highest BCUT2D eigenvalue weighted by Gasteiger charge is 2.46. The third kappa shape index (κ3) is 4.00. The van der Waals surface area contributed by atoms with E-state index in [9.17, 15) is 14.7 Å². The first kappa shape index (κ1) is 18.3. The molecule has 6 heteroatoms. The zero-order chi connectivity index (χ0) is 18.7. The summed E-state index contributed by atoms with van der Waals surface area (Å²) >= 11 is 0. The van der Waals surface area contributed by atoms with Gasteiger partial charge in [-0.05, 0) is 48.8 Å². The fraction of sp³-hybridized carbons (Fsp3) is 0.500. The third-order valence-electron chi connectivity index (χ3n) is 5.22. The van der Waals surface area contributed by atoms with Gasteiger partial charge in [-0.1, -0.05) is 12.1 Å². The minimum Gasteiger partial charge on any atom is -0.493 e. The molecule has 1 heterocycles. The number of carbonyl (C=O) groups excluding carboxylic acids is 1. The van der Waals surface area contributed by atoms with Gasteiger partial charge in [-0.25, -0.2) is 0 Å². The molecule has 1 aliphatic carbocycles. The Hall–Kier alpha value is -2.50. The SMILES string of the molecule is C=CCc1ccc(OCC(=O)N2C[C@H](C(=O)O)[C@@H](C3CC3)C2)c(OC)c1. The van der Waals surface area contributed by atoms with Gasteiger partial charge in [-0.2, -0.15) is 0 Å². The van der Waals surface area contributed by atoms with E-state index in [1.165, 1.54) is 0 Å². The van der Waals surface area contributed by atoms with Gasteiger partial charge >= 0.3 is 5.97 Å². The summed E-state index contributed by atoms with van der Waals surface area (Å²) in [4.78, 5) is 25.6. The van der Waals surface area contributed by atoms with Crippen molar-refractivity contribution < 1.29 is 24.2 Å². The van der Waals surface area contributed by atoms with Crippen molar-refractivity contribution in [1.29, 1.82) is 0 Å². The highest BCUT2D eigenvalue weighted by atomic mass is 16.5. The standard InChI is InChI=1S/C20H25NO5/c1-3-4-13-5-8-17(18(9-13)25-2)26-12-19(22)21-10-15(14-6-7-14)16(11-21)20(23)24/h3,5,8-9,14-16H,1,4,6-7,10-12H2,2H3,(H,23,24)/t15-,16+/m1/s1. The summed E-state index contributed by atoms with van der Waals surface area (Å²) < 4.78 is 11.0. The molecule has 6 nitrogen and oxygen atoms in total. The number of methoxy groups -OCH3 is 1. The van der Waals surface area contributed by atoms with Gasteiger partial charge in [0.05, 0.1) is 13.0 Å². The Balaban J connectivity index is 1.60. The molecule has 1 aromatic carbocycles. The van der Waals surface area contributed by atoms with E-state index < -0.39 is 11.9 Å². The van der Waals surface area contributed by atoms with E-state index in [-0.39, 0.29) is 25.0 Å². The van der Waals surface area contributed by atoms with Crippen LogP contribution in [0.5, 0.6) is 11.5 Å². The van der Waals surface area contributed by atoms with Gasteiger partial charge in [-0.15, -0.1) is 6.58 Å². The number of hydrogen-bond acceptors (Lipinski definition) is 4. The zero-order valence-electron chi connectivity index (χ0n) is 15.0. The molecule has 0 spiro atoms. The van der Waals surface area contributed by atoms with Crippen LogP contribution < -0.4 is 9.47 Å². The first-order chi connectivity index (χ1) is 12.5. The number of benzene rings is 1. The van der Waals surface area contributed by atoms with Crippen LogP contribution in [0.2, 0.25) is 0 Å². The molecule has 1 amide bonds. The maximum atomic E-state index is 12.5. The van der Waals surface area contributed by atoms with E-state index >= 15 is 0 Å². The number of nitrogens with zero attached hydrogens (tertiary/aromatic N) is 1. The number of hydrogen-bond donors (Lipinski definition) is 1. The van der Waals surface area contributed by atoms with Gasteiger partial charge in [-0.3, -0.25) is 9.59 Å². The first-order valence-electron chi connectivity index (χ1n) is 8.94. The lowest BCUT2D eigenvalue weighted by molar-refractivity contribution is -0.142. The Morgan fingerprint density at radius 3 is 2.69 bits per heavy atom. The van der Waals surface area contributed by atoms with Crippen LogP contribution in [0.15, 0.2) is 30.9 Å². The topological polar surface area (TPSA) is 76.1 Å². The second kappa shape index (κ2) is 7.81. The molecular weight excluding hydrogens is 334 g/mol. The third-order valence-corrected chi connectivity index (χ3v) is 5.22. The number of aliphatic carboxylic acids is 1. The smallest absolute Gasteiger partial charge is 0.308 e. The van der Waals surface area contributed by atoms with Crippen molar-refractivity contribution in [2.45, 2.75) is 19.3 Å². The van der Waals surface area contributed by atoms with Crippen molar-refractivity contribution in [3.63, 3.8) is 0 Å². The van der Waals surface area contributed by atoms with E-state index in [2.05, 4.69) is 6.58 Å². The zero-order valence-corrected chi connectivity index (χ0v) is 15.0. The molecule has 2 fully saturated rings. The van der Waals surface area contributed by atoms with Gasteiger partial charge in [0, 0.05) is 13.1 Å². The average molecular weight is 359 g/mol. The summed E-state index contributed by atoms with van der Waals surface area (Å²) in [5.74, 6) is 0.143. The highest BCUT2D eigenvalue weighted by molar-refractivity contribution is 5.80. The fourth-order valence-corrected chi connectivity index (χ4v) is 3.65. The van der Waals surface area contributed by atoms with E-state index in [0.717, 1.165) is 24.8 Å². The van der Waals surface area contributed by atoms with Crippen LogP contribution in [0.1, 0.15) is 18.4 Å². The number of likely N-dealkylation sites (tertiary alicyclic amines) is 1. The van der Waals surface area contributed by atoms with E-state index in [4.69, 9.17) is 9.47 Å². The molecule has 0 radical (unpaired) electrons. The molecule has 2 atom stereocenters. The molecule has 1 aromatic rings. The maximum absolute atomic E-state index is 12.5. The number of allylic oxidation sites excluding steroid dienone is 1. The quantitative estimate of drug-likeness (QED) is 0.721. The molecule has 0 bridgehead atoms. The minimum atomic E-state index is -0.808. The van der Waals surface area contributed by atoms with Crippen LogP contribution >= 0.6 is 0 Å². The van der Waals surface area contributed by atoms with E-state index in [1.807, 2.05) is 12.1 Å². The molecule has 0 aromatic heterocycles. The molecule has 0 unspecified atom stereocenters. The van der Waals surface area contributed by atoms with Crippen LogP contribution in [0, 0.1) is 17.8 Å². The Kier molecular flexibility index (Phi) is 5.49. The van der Waals surface area contributed by atoms with Crippen molar-refractivity contribution in [2.75, 3.05) is 26.8 Å². The Morgan fingerprint density at radius 1 is 1.31 bits per heavy atom. The lowest BCUT2D eigenvalue weighted by atomic mass is 9.92. The Morgan fingerprint density at radius 2 is 2.08 bits per heavy atom. The van der Waals surface area contributed by atoms with Crippen LogP contribution in [0.25, 0.3) is 0 Å². The molecule has 2 aliphatic rings. The molecule has 3 rings (SSSR count). The van der Waals surface area contributed by atoms with Crippen LogP contribution in [0.4, 0.5) is 0 Å². The van der Waals surface area contributed by atoms with Crippen molar-refractivity contribution in [3.05, 3.63) is 36.4 Å². The summed E-state index contributed by atoms with van der Waals surface area (Å²) in [6.45, 7) is 4.38. The maximum Gasteiger partial charge on any atom is 0.308 e.